The normalized spacial score (nSPS) is 8.59. The Balaban J connectivity index is 0.000000304. The van der Waals surface area contributed by atoms with Gasteiger partial charge in [0.05, 0.1) is 23.4 Å². The minimum absolute atomic E-state index is 0.145. The number of rotatable bonds is 2. The van der Waals surface area contributed by atoms with Crippen LogP contribution in [0.5, 0.6) is 0 Å². The summed E-state index contributed by atoms with van der Waals surface area (Å²) in [5, 5.41) is 8.54. The number of ether oxygens (including phenoxy) is 1. The lowest BCUT2D eigenvalue weighted by atomic mass is 10.2. The summed E-state index contributed by atoms with van der Waals surface area (Å²) in [5.41, 5.74) is 7.27. The average molecular weight is 255 g/mol. The number of carbonyl (C=O) groups excluding carboxylic acids is 1. The smallest absolute Gasteiger partial charge is 0.320 e. The van der Waals surface area contributed by atoms with Crippen LogP contribution < -0.4 is 5.73 Å². The quantitative estimate of drug-likeness (QED) is 0.650. The van der Waals surface area contributed by atoms with Gasteiger partial charge >= 0.3 is 5.97 Å². The number of nitrogens with two attached hydrogens (primary N) is 1. The summed E-state index contributed by atoms with van der Waals surface area (Å²) in [5.74, 6) is -0.449. The number of aryl methyl sites for hydroxylation is 1. The van der Waals surface area contributed by atoms with E-state index >= 15 is 0 Å². The Morgan fingerprint density at radius 1 is 1.59 bits per heavy atom. The van der Waals surface area contributed by atoms with Crippen LogP contribution in [0, 0.1) is 18.3 Å². The molecule has 1 aromatic rings. The maximum atomic E-state index is 10.2. The monoisotopic (exact) mass is 254 g/mol. The number of benzene rings is 1. The van der Waals surface area contributed by atoms with Crippen LogP contribution in [-0.4, -0.2) is 12.6 Å². The molecule has 1 rings (SSSR count). The van der Waals surface area contributed by atoms with Gasteiger partial charge in [-0.15, -0.1) is 0 Å². The molecule has 4 nitrogen and oxygen atoms in total. The van der Waals surface area contributed by atoms with E-state index in [-0.39, 0.29) is 6.42 Å². The Bertz CT molecular complexity index is 413. The third kappa shape index (κ3) is 7.20. The average Bonchev–Trinajstić information content (AvgIpc) is 2.26. The van der Waals surface area contributed by atoms with Crippen LogP contribution in [0.4, 0.5) is 5.69 Å². The molecule has 0 atom stereocenters. The maximum Gasteiger partial charge on any atom is 0.320 e. The minimum Gasteiger partial charge on any atom is -0.465 e. The van der Waals surface area contributed by atoms with Crippen LogP contribution in [0.15, 0.2) is 18.2 Å². The van der Waals surface area contributed by atoms with Crippen molar-refractivity contribution in [1.29, 1.82) is 5.26 Å². The van der Waals surface area contributed by atoms with E-state index in [1.165, 1.54) is 0 Å². The molecule has 0 amide bonds. The summed E-state index contributed by atoms with van der Waals surface area (Å²) in [6, 6.07) is 7.25. The standard InChI is InChI=1S/C7H8ClN.C5H7NO2/c1-5-2-3-6(8)7(9)4-5;1-2-8-5(7)3-4-6/h2-4H,9H2,1H3;2-3H2,1H3. The molecule has 2 N–H and O–H groups in total. The van der Waals surface area contributed by atoms with Gasteiger partial charge in [0, 0.05) is 0 Å². The number of carbonyl (C=O) groups is 1. The molecule has 0 aliphatic rings. The summed E-state index contributed by atoms with van der Waals surface area (Å²) < 4.78 is 4.42. The first-order chi connectivity index (χ1) is 8.01. The first-order valence-corrected chi connectivity index (χ1v) is 5.43. The molecular formula is C12H15ClN2O2. The lowest BCUT2D eigenvalue weighted by Crippen LogP contribution is -2.01. The van der Waals surface area contributed by atoms with Gasteiger partial charge in [0.15, 0.2) is 0 Å². The van der Waals surface area contributed by atoms with Crippen molar-refractivity contribution in [2.24, 2.45) is 0 Å². The summed E-state index contributed by atoms with van der Waals surface area (Å²) in [7, 11) is 0. The highest BCUT2D eigenvalue weighted by atomic mass is 35.5. The predicted molar refractivity (Wildman–Crippen MR) is 67.5 cm³/mol. The van der Waals surface area contributed by atoms with Gasteiger partial charge in [0.1, 0.15) is 6.42 Å². The van der Waals surface area contributed by atoms with Crippen molar-refractivity contribution in [2.75, 3.05) is 12.3 Å². The Hall–Kier alpha value is -1.73. The predicted octanol–water partition coefficient (Wildman–Crippen LogP) is 2.69. The molecular weight excluding hydrogens is 240 g/mol. The van der Waals surface area contributed by atoms with Crippen molar-refractivity contribution >= 4 is 23.3 Å². The van der Waals surface area contributed by atoms with Crippen LogP contribution in [0.3, 0.4) is 0 Å². The molecule has 0 saturated heterocycles. The molecule has 17 heavy (non-hydrogen) atoms. The number of esters is 1. The van der Waals surface area contributed by atoms with Crippen LogP contribution in [0.1, 0.15) is 18.9 Å². The molecule has 92 valence electrons. The number of nitrogens with zero attached hydrogens (tertiary/aromatic N) is 1. The van der Waals surface area contributed by atoms with E-state index in [9.17, 15) is 4.79 Å². The number of hydrogen-bond donors (Lipinski definition) is 1. The summed E-state index contributed by atoms with van der Waals surface area (Å²) in [4.78, 5) is 10.2. The van der Waals surface area contributed by atoms with E-state index in [2.05, 4.69) is 4.74 Å². The zero-order chi connectivity index (χ0) is 13.3. The van der Waals surface area contributed by atoms with Gasteiger partial charge in [-0.25, -0.2) is 0 Å². The van der Waals surface area contributed by atoms with E-state index in [1.807, 2.05) is 19.1 Å². The van der Waals surface area contributed by atoms with Crippen molar-refractivity contribution in [2.45, 2.75) is 20.3 Å². The number of nitrogen functional groups attached to an aromatic ring is 1. The van der Waals surface area contributed by atoms with Crippen LogP contribution in [-0.2, 0) is 9.53 Å². The lowest BCUT2D eigenvalue weighted by Gasteiger charge is -1.96. The van der Waals surface area contributed by atoms with Gasteiger partial charge in [0.25, 0.3) is 0 Å². The second-order valence-electron chi connectivity index (χ2n) is 3.16. The number of anilines is 1. The molecule has 1 aromatic carbocycles. The molecule has 0 bridgehead atoms. The van der Waals surface area contributed by atoms with Gasteiger partial charge in [-0.3, -0.25) is 4.79 Å². The van der Waals surface area contributed by atoms with Crippen molar-refractivity contribution < 1.29 is 9.53 Å². The second kappa shape index (κ2) is 8.43. The zero-order valence-corrected chi connectivity index (χ0v) is 10.6. The van der Waals surface area contributed by atoms with Gasteiger partial charge in [-0.1, -0.05) is 17.7 Å². The Morgan fingerprint density at radius 3 is 2.65 bits per heavy atom. The largest absolute Gasteiger partial charge is 0.465 e. The van der Waals surface area contributed by atoms with E-state index in [0.717, 1.165) is 5.56 Å². The third-order valence-corrected chi connectivity index (χ3v) is 2.02. The van der Waals surface area contributed by atoms with E-state index in [0.29, 0.717) is 17.3 Å². The second-order valence-corrected chi connectivity index (χ2v) is 3.57. The third-order valence-electron chi connectivity index (χ3n) is 1.68. The molecule has 0 heterocycles. The Kier molecular flexibility index (Phi) is 7.57. The molecule has 0 unspecified atom stereocenters. The number of hydrogen-bond acceptors (Lipinski definition) is 4. The lowest BCUT2D eigenvalue weighted by molar-refractivity contribution is -0.141. The first kappa shape index (κ1) is 15.3. The van der Waals surface area contributed by atoms with Crippen molar-refractivity contribution in [3.05, 3.63) is 28.8 Å². The number of halogens is 1. The van der Waals surface area contributed by atoms with Gasteiger partial charge in [0.2, 0.25) is 0 Å². The highest BCUT2D eigenvalue weighted by Gasteiger charge is 1.96. The van der Waals surface area contributed by atoms with Crippen LogP contribution >= 0.6 is 11.6 Å². The fourth-order valence-corrected chi connectivity index (χ4v) is 1.06. The van der Waals surface area contributed by atoms with E-state index in [1.54, 1.807) is 19.1 Å². The summed E-state index contributed by atoms with van der Waals surface area (Å²) >= 11 is 5.66. The SMILES string of the molecule is CCOC(=O)CC#N.Cc1ccc(Cl)c(N)c1. The molecule has 0 radical (unpaired) electrons. The van der Waals surface area contributed by atoms with Gasteiger partial charge in [-0.2, -0.15) is 5.26 Å². The van der Waals surface area contributed by atoms with Gasteiger partial charge < -0.3 is 10.5 Å². The first-order valence-electron chi connectivity index (χ1n) is 5.05. The molecule has 5 heteroatoms. The minimum atomic E-state index is -0.449. The topological polar surface area (TPSA) is 76.1 Å². The summed E-state index contributed by atoms with van der Waals surface area (Å²) in [6.07, 6.45) is -0.145. The molecule has 0 fully saturated rings. The molecule has 0 aliphatic carbocycles. The van der Waals surface area contributed by atoms with Gasteiger partial charge in [-0.05, 0) is 31.5 Å². The van der Waals surface area contributed by atoms with Crippen molar-refractivity contribution in [3.8, 4) is 6.07 Å². The highest BCUT2D eigenvalue weighted by Crippen LogP contribution is 2.18. The summed E-state index contributed by atoms with van der Waals surface area (Å²) in [6.45, 7) is 4.03. The molecule has 0 saturated carbocycles. The molecule has 0 aromatic heterocycles. The number of nitriles is 1. The Labute approximate surface area is 106 Å². The maximum absolute atomic E-state index is 10.2. The molecule has 0 spiro atoms. The zero-order valence-electron chi connectivity index (χ0n) is 9.87. The van der Waals surface area contributed by atoms with Crippen molar-refractivity contribution in [3.63, 3.8) is 0 Å². The highest BCUT2D eigenvalue weighted by molar-refractivity contribution is 6.33. The Morgan fingerprint density at radius 2 is 2.24 bits per heavy atom. The van der Waals surface area contributed by atoms with Crippen LogP contribution in [0.25, 0.3) is 0 Å². The fraction of sp³-hybridized carbons (Fsp3) is 0.333. The fourth-order valence-electron chi connectivity index (χ4n) is 0.940. The van der Waals surface area contributed by atoms with Crippen molar-refractivity contribution in [1.82, 2.24) is 0 Å². The van der Waals surface area contributed by atoms with Crippen LogP contribution in [0.2, 0.25) is 5.02 Å². The molecule has 0 aliphatic heterocycles. The van der Waals surface area contributed by atoms with E-state index in [4.69, 9.17) is 22.6 Å². The van der Waals surface area contributed by atoms with E-state index < -0.39 is 5.97 Å².